The molecule has 0 amide bonds. The molecule has 3 aromatic heterocycles. The van der Waals surface area contributed by atoms with Crippen molar-refractivity contribution in [2.45, 2.75) is 33.0 Å². The van der Waals surface area contributed by atoms with E-state index in [0.717, 1.165) is 77.3 Å². The van der Waals surface area contributed by atoms with E-state index in [4.69, 9.17) is 20.7 Å². The molecule has 4 heterocycles. The van der Waals surface area contributed by atoms with E-state index in [1.807, 2.05) is 59.2 Å². The molecule has 14 aromatic rings. The van der Waals surface area contributed by atoms with E-state index in [1.165, 1.54) is 33.4 Å². The van der Waals surface area contributed by atoms with Crippen LogP contribution >= 0.6 is 0 Å². The largest absolute Gasteiger partial charge is 0.458 e. The molecule has 0 bridgehead atoms. The Labute approximate surface area is 496 Å². The fourth-order valence-corrected chi connectivity index (χ4v) is 17.6. The van der Waals surface area contributed by atoms with E-state index in [9.17, 15) is 0 Å². The van der Waals surface area contributed by atoms with E-state index in [2.05, 4.69) is 218 Å². The van der Waals surface area contributed by atoms with E-state index >= 15 is 0 Å². The highest BCUT2D eigenvalue weighted by Gasteiger charge is 2.42. The summed E-state index contributed by atoms with van der Waals surface area (Å²) in [7, 11) is -3.07. The van der Waals surface area contributed by atoms with Gasteiger partial charge in [0.25, 0.3) is 6.33 Å². The number of rotatable bonds is 9. The third kappa shape index (κ3) is 8.19. The van der Waals surface area contributed by atoms with Gasteiger partial charge in [0, 0.05) is 32.7 Å². The lowest BCUT2D eigenvalue weighted by molar-refractivity contribution is -0.572. The maximum atomic E-state index is 8.93. The molecule has 396 valence electrons. The summed E-state index contributed by atoms with van der Waals surface area (Å²) in [6.45, 7) is 3.98. The Morgan fingerprint density at radius 3 is 1.75 bits per heavy atom. The fourth-order valence-electron chi connectivity index (χ4n) is 12.8. The minimum Gasteiger partial charge on any atom is -0.458 e. The van der Waals surface area contributed by atoms with Crippen molar-refractivity contribution in [2.24, 2.45) is 0 Å². The standard InChI is InChI=1S/C77H58N4OSi/c1-52-46-74(78-50-69(52)53-24-9-5-10-25-53)81-71-45-43-60(83(57-28-11-6-12-29-57,58-30-13-7-14-31-58)59-32-15-8-16-33-59)49-68(71)65-44-42-56(48-73(65)81)82-55-27-21-26-54(47-55)79-51-80-75-66(38-22-40-70(75)77(2,3)4)63-36-19-17-34-61(63)62-35-18-20-37-64(62)67-39-23-41-72(79)76(67)80/h5-50H,1-4H3/i1D3,5D,9D,10D,24D,25D. The van der Waals surface area contributed by atoms with E-state index in [0.29, 0.717) is 17.0 Å². The van der Waals surface area contributed by atoms with Crippen molar-refractivity contribution in [3.63, 3.8) is 0 Å². The SMILES string of the molecule is [2H]c1c([2H])c([2H])c(-c2cnc(-n3c4ccc([Si](c5ccccc5)(c5ccccc5)c5ccccc5)cc4c4ccc(Oc5cccc(-n6[c-][n+]7c8c(cccc86)-c6ccccc6-c6ccccc6-c6cccc(C(C)(C)C)c6-7)c5)cc43)cc2C([2H])([2H])[2H])c([2H])c1[2H]. The van der Waals surface area contributed by atoms with Crippen LogP contribution in [0.5, 0.6) is 11.5 Å². The number of hydrogen-bond donors (Lipinski definition) is 0. The molecule has 0 N–H and O–H groups in total. The molecule has 6 heteroatoms. The number of para-hydroxylation sites is 2. The van der Waals surface area contributed by atoms with Crippen LogP contribution in [-0.4, -0.2) is 22.2 Å². The van der Waals surface area contributed by atoms with Gasteiger partial charge in [-0.05, 0) is 126 Å². The second kappa shape index (κ2) is 19.8. The lowest BCUT2D eigenvalue weighted by atomic mass is 9.82. The van der Waals surface area contributed by atoms with Gasteiger partial charge in [-0.1, -0.05) is 245 Å². The van der Waals surface area contributed by atoms with Crippen LogP contribution in [0.4, 0.5) is 0 Å². The van der Waals surface area contributed by atoms with Crippen LogP contribution in [0, 0.1) is 13.2 Å². The minimum atomic E-state index is -3.07. The Hall–Kier alpha value is -10.1. The van der Waals surface area contributed by atoms with Gasteiger partial charge >= 0.3 is 0 Å². The van der Waals surface area contributed by atoms with Crippen LogP contribution in [-0.2, 0) is 5.41 Å². The van der Waals surface area contributed by atoms with Crippen molar-refractivity contribution >= 4 is 61.7 Å². The van der Waals surface area contributed by atoms with Crippen LogP contribution < -0.4 is 30.1 Å². The molecular formula is C77H58N4OSi. The summed E-state index contributed by atoms with van der Waals surface area (Å²) in [5.74, 6) is 1.31. The molecule has 0 fully saturated rings. The van der Waals surface area contributed by atoms with Gasteiger partial charge in [0.05, 0.1) is 40.3 Å². The predicted octanol–water partition coefficient (Wildman–Crippen LogP) is 16.0. The molecule has 0 radical (unpaired) electrons. The zero-order chi connectivity index (χ0) is 62.7. The lowest BCUT2D eigenvalue weighted by Gasteiger charge is -2.34. The van der Waals surface area contributed by atoms with Crippen LogP contribution in [0.3, 0.4) is 0 Å². The van der Waals surface area contributed by atoms with Crippen molar-refractivity contribution in [1.29, 1.82) is 0 Å². The second-order valence-corrected chi connectivity index (χ2v) is 26.1. The number of hydrogen-bond acceptors (Lipinski definition) is 2. The Morgan fingerprint density at radius 2 is 1.08 bits per heavy atom. The quantitative estimate of drug-likeness (QED) is 0.0625. The first-order valence-electron chi connectivity index (χ1n) is 31.9. The average molecular weight is 1090 g/mol. The van der Waals surface area contributed by atoms with Crippen molar-refractivity contribution in [3.05, 3.63) is 297 Å². The highest BCUT2D eigenvalue weighted by molar-refractivity contribution is 7.20. The summed E-state index contributed by atoms with van der Waals surface area (Å²) in [5.41, 5.74) is 12.4. The minimum absolute atomic E-state index is 0.0799. The number of aromatic nitrogens is 4. The average Bonchev–Trinajstić information content (AvgIpc) is 1.69. The molecule has 0 aliphatic carbocycles. The zero-order valence-electron chi connectivity index (χ0n) is 53.9. The van der Waals surface area contributed by atoms with Crippen molar-refractivity contribution in [1.82, 2.24) is 14.1 Å². The third-order valence-electron chi connectivity index (χ3n) is 16.5. The number of aryl methyl sites for hydroxylation is 1. The maximum Gasteiger partial charge on any atom is 0.269 e. The number of fused-ring (bicyclic) bond motifs is 10. The molecule has 15 rings (SSSR count). The van der Waals surface area contributed by atoms with Crippen molar-refractivity contribution in [3.8, 4) is 73.2 Å². The maximum absolute atomic E-state index is 8.93. The second-order valence-electron chi connectivity index (χ2n) is 22.3. The first-order chi connectivity index (χ1) is 44.0. The monoisotopic (exact) mass is 1090 g/mol. The predicted molar refractivity (Wildman–Crippen MR) is 345 cm³/mol. The Bertz CT molecular complexity index is 5130. The van der Waals surface area contributed by atoms with Gasteiger partial charge in [0.1, 0.15) is 17.3 Å². The summed E-state index contributed by atoms with van der Waals surface area (Å²) >= 11 is 0. The molecule has 83 heavy (non-hydrogen) atoms. The van der Waals surface area contributed by atoms with Crippen LogP contribution in [0.25, 0.3) is 94.5 Å². The van der Waals surface area contributed by atoms with Crippen molar-refractivity contribution < 1.29 is 20.3 Å². The van der Waals surface area contributed by atoms with Crippen LogP contribution in [0.1, 0.15) is 42.9 Å². The molecule has 11 aromatic carbocycles. The van der Waals surface area contributed by atoms with Gasteiger partial charge in [-0.3, -0.25) is 13.7 Å². The van der Waals surface area contributed by atoms with Gasteiger partial charge in [0.15, 0.2) is 8.07 Å². The number of ether oxygens (including phenoxy) is 1. The molecular weight excluding hydrogens is 1020 g/mol. The van der Waals surface area contributed by atoms with Crippen LogP contribution in [0.2, 0.25) is 0 Å². The summed E-state index contributed by atoms with van der Waals surface area (Å²) in [5, 5.41) is 6.46. The zero-order valence-corrected chi connectivity index (χ0v) is 46.9. The summed E-state index contributed by atoms with van der Waals surface area (Å²) in [6, 6.07) is 81.7. The van der Waals surface area contributed by atoms with Crippen molar-refractivity contribution in [2.75, 3.05) is 0 Å². The molecule has 1 aliphatic rings. The molecule has 0 atom stereocenters. The third-order valence-corrected chi connectivity index (χ3v) is 21.2. The highest BCUT2D eigenvalue weighted by Crippen LogP contribution is 2.45. The van der Waals surface area contributed by atoms with E-state index < -0.39 is 45.1 Å². The first-order valence-corrected chi connectivity index (χ1v) is 29.9. The Kier molecular flexibility index (Phi) is 9.99. The number of benzene rings is 11. The van der Waals surface area contributed by atoms with Gasteiger partial charge in [-0.15, -0.1) is 0 Å². The number of nitrogens with zero attached hydrogens (tertiary/aromatic N) is 4. The van der Waals surface area contributed by atoms with E-state index in [1.54, 1.807) is 0 Å². The van der Waals surface area contributed by atoms with Gasteiger partial charge < -0.3 is 4.74 Å². The molecule has 0 unspecified atom stereocenters. The smallest absolute Gasteiger partial charge is 0.269 e. The van der Waals surface area contributed by atoms with Crippen LogP contribution in [0.15, 0.2) is 279 Å². The van der Waals surface area contributed by atoms with Gasteiger partial charge in [-0.25, -0.2) is 4.98 Å². The number of pyridine rings is 1. The fraction of sp³-hybridized carbons (Fsp3) is 0.0649. The molecule has 1 aliphatic heterocycles. The normalized spacial score (nSPS) is 13.6. The molecule has 0 spiro atoms. The first kappa shape index (κ1) is 41.8. The van der Waals surface area contributed by atoms with Gasteiger partial charge in [-0.2, -0.15) is 0 Å². The van der Waals surface area contributed by atoms with E-state index in [-0.39, 0.29) is 27.9 Å². The Morgan fingerprint density at radius 1 is 0.494 bits per heavy atom. The topological polar surface area (TPSA) is 35.9 Å². The number of imidazole rings is 1. The molecule has 0 saturated heterocycles. The Balaban J connectivity index is 0.929. The highest BCUT2D eigenvalue weighted by atomic mass is 28.3. The summed E-state index contributed by atoms with van der Waals surface area (Å²) in [4.78, 5) is 4.96. The molecule has 0 saturated carbocycles. The summed E-state index contributed by atoms with van der Waals surface area (Å²) in [6.07, 6.45) is 5.22. The summed E-state index contributed by atoms with van der Waals surface area (Å²) < 4.78 is 83.2. The lowest BCUT2D eigenvalue weighted by Crippen LogP contribution is -2.74. The molecule has 5 nitrogen and oxygen atoms in total. The van der Waals surface area contributed by atoms with Gasteiger partial charge in [0.2, 0.25) is 0 Å².